The Morgan fingerprint density at radius 1 is 1.25 bits per heavy atom. The van der Waals surface area contributed by atoms with Gasteiger partial charge in [-0.05, 0) is 6.92 Å². The standard InChI is InChI=1S/C17H20N2O4S/c1-12-11-24-17(22)19(12)10-9-14(20)23-15(16(21)18(2)3)13-7-5-4-6-8-13/h4-8,11,15H,9-10H2,1-3H3. The number of aromatic nitrogens is 1. The average Bonchev–Trinajstić information content (AvgIpc) is 2.89. The third-order valence-corrected chi connectivity index (χ3v) is 4.41. The van der Waals surface area contributed by atoms with Crippen molar-refractivity contribution in [2.45, 2.75) is 26.0 Å². The lowest BCUT2D eigenvalue weighted by Gasteiger charge is -2.21. The van der Waals surface area contributed by atoms with Gasteiger partial charge < -0.3 is 14.2 Å². The fraction of sp³-hybridized carbons (Fsp3) is 0.353. The minimum Gasteiger partial charge on any atom is -0.447 e. The average molecular weight is 348 g/mol. The van der Waals surface area contributed by atoms with Gasteiger partial charge in [0.1, 0.15) is 0 Å². The number of rotatable bonds is 6. The van der Waals surface area contributed by atoms with Crippen molar-refractivity contribution in [3.8, 4) is 0 Å². The van der Waals surface area contributed by atoms with Gasteiger partial charge >= 0.3 is 10.8 Å². The molecule has 0 aliphatic carbocycles. The van der Waals surface area contributed by atoms with E-state index in [0.29, 0.717) is 5.56 Å². The van der Waals surface area contributed by atoms with Crippen LogP contribution >= 0.6 is 11.3 Å². The molecule has 2 rings (SSSR count). The predicted octanol–water partition coefficient (Wildman–Crippen LogP) is 1.98. The molecule has 0 saturated heterocycles. The molecule has 1 unspecified atom stereocenters. The molecule has 1 aromatic carbocycles. The third kappa shape index (κ3) is 4.32. The van der Waals surface area contributed by atoms with Gasteiger partial charge in [-0.2, -0.15) is 0 Å². The summed E-state index contributed by atoms with van der Waals surface area (Å²) in [7, 11) is 3.22. The number of amides is 1. The number of nitrogens with zero attached hydrogens (tertiary/aromatic N) is 2. The first-order valence-electron chi connectivity index (χ1n) is 7.50. The second-order valence-corrected chi connectivity index (χ2v) is 6.38. The van der Waals surface area contributed by atoms with E-state index < -0.39 is 12.1 Å². The summed E-state index contributed by atoms with van der Waals surface area (Å²) < 4.78 is 6.92. The SMILES string of the molecule is Cc1csc(=O)n1CCC(=O)OC(C(=O)N(C)C)c1ccccc1. The number of carbonyl (C=O) groups excluding carboxylic acids is 2. The van der Waals surface area contributed by atoms with Crippen LogP contribution in [0, 0.1) is 6.92 Å². The van der Waals surface area contributed by atoms with Crippen molar-refractivity contribution in [3.63, 3.8) is 0 Å². The van der Waals surface area contributed by atoms with Crippen LogP contribution in [-0.4, -0.2) is 35.4 Å². The molecule has 0 radical (unpaired) electrons. The Bertz CT molecular complexity index is 764. The van der Waals surface area contributed by atoms with E-state index in [0.717, 1.165) is 17.0 Å². The summed E-state index contributed by atoms with van der Waals surface area (Å²) in [4.78, 5) is 37.4. The topological polar surface area (TPSA) is 68.6 Å². The van der Waals surface area contributed by atoms with E-state index in [1.807, 2.05) is 13.0 Å². The summed E-state index contributed by atoms with van der Waals surface area (Å²) in [6.07, 6.45) is -0.948. The van der Waals surface area contributed by atoms with Crippen molar-refractivity contribution in [2.75, 3.05) is 14.1 Å². The molecular weight excluding hydrogens is 328 g/mol. The molecule has 6 nitrogen and oxygen atoms in total. The first-order chi connectivity index (χ1) is 11.4. The van der Waals surface area contributed by atoms with Crippen molar-refractivity contribution >= 4 is 23.2 Å². The molecule has 0 saturated carbocycles. The van der Waals surface area contributed by atoms with Crippen LogP contribution in [0.1, 0.15) is 23.8 Å². The number of aryl methyl sites for hydroxylation is 1. The van der Waals surface area contributed by atoms with Gasteiger partial charge in [-0.15, -0.1) is 0 Å². The maximum atomic E-state index is 12.3. The number of ether oxygens (including phenoxy) is 1. The van der Waals surface area contributed by atoms with Crippen LogP contribution in [0.4, 0.5) is 0 Å². The maximum absolute atomic E-state index is 12.3. The molecule has 1 atom stereocenters. The summed E-state index contributed by atoms with van der Waals surface area (Å²) in [6.45, 7) is 2.05. The highest BCUT2D eigenvalue weighted by Crippen LogP contribution is 2.20. The molecule has 0 fully saturated rings. The lowest BCUT2D eigenvalue weighted by atomic mass is 10.1. The molecule has 0 aliphatic rings. The molecule has 0 aliphatic heterocycles. The highest BCUT2D eigenvalue weighted by Gasteiger charge is 2.26. The Balaban J connectivity index is 2.07. The van der Waals surface area contributed by atoms with E-state index in [4.69, 9.17) is 4.74 Å². The van der Waals surface area contributed by atoms with Crippen LogP contribution in [0.5, 0.6) is 0 Å². The lowest BCUT2D eigenvalue weighted by Crippen LogP contribution is -2.31. The predicted molar refractivity (Wildman–Crippen MR) is 91.9 cm³/mol. The molecule has 1 amide bonds. The minimum atomic E-state index is -0.978. The summed E-state index contributed by atoms with van der Waals surface area (Å²) >= 11 is 1.10. The lowest BCUT2D eigenvalue weighted by molar-refractivity contribution is -0.160. The summed E-state index contributed by atoms with van der Waals surface area (Å²) in [6, 6.07) is 8.88. The van der Waals surface area contributed by atoms with E-state index in [-0.39, 0.29) is 23.7 Å². The van der Waals surface area contributed by atoms with Crippen molar-refractivity contribution in [2.24, 2.45) is 0 Å². The Labute approximate surface area is 144 Å². The van der Waals surface area contributed by atoms with E-state index in [1.165, 1.54) is 9.47 Å². The fourth-order valence-corrected chi connectivity index (χ4v) is 2.95. The van der Waals surface area contributed by atoms with Crippen LogP contribution in [0.3, 0.4) is 0 Å². The Morgan fingerprint density at radius 2 is 1.92 bits per heavy atom. The molecule has 0 spiro atoms. The van der Waals surface area contributed by atoms with Crippen LogP contribution in [0.25, 0.3) is 0 Å². The summed E-state index contributed by atoms with van der Waals surface area (Å²) in [5.41, 5.74) is 1.43. The second-order valence-electron chi connectivity index (χ2n) is 5.56. The summed E-state index contributed by atoms with van der Waals surface area (Å²) in [5, 5.41) is 1.75. The Kier molecular flexibility index (Phi) is 5.92. The second kappa shape index (κ2) is 7.92. The zero-order valence-electron chi connectivity index (χ0n) is 13.9. The van der Waals surface area contributed by atoms with Gasteiger partial charge in [0.2, 0.25) is 6.10 Å². The maximum Gasteiger partial charge on any atom is 0.308 e. The van der Waals surface area contributed by atoms with Gasteiger partial charge in [-0.1, -0.05) is 41.7 Å². The van der Waals surface area contributed by atoms with E-state index in [1.54, 1.807) is 43.7 Å². The van der Waals surface area contributed by atoms with Crippen molar-refractivity contribution in [3.05, 3.63) is 56.6 Å². The zero-order valence-corrected chi connectivity index (χ0v) is 14.7. The molecule has 24 heavy (non-hydrogen) atoms. The van der Waals surface area contributed by atoms with Gasteiger partial charge in [0, 0.05) is 37.3 Å². The molecule has 0 bridgehead atoms. The van der Waals surface area contributed by atoms with Crippen molar-refractivity contribution in [1.29, 1.82) is 0 Å². The van der Waals surface area contributed by atoms with E-state index in [9.17, 15) is 14.4 Å². The Morgan fingerprint density at radius 3 is 2.46 bits per heavy atom. The number of benzene rings is 1. The van der Waals surface area contributed by atoms with Gasteiger partial charge in [-0.25, -0.2) is 0 Å². The van der Waals surface area contributed by atoms with Crippen LogP contribution < -0.4 is 4.87 Å². The largest absolute Gasteiger partial charge is 0.447 e. The molecule has 1 heterocycles. The van der Waals surface area contributed by atoms with Gasteiger partial charge in [0.25, 0.3) is 5.91 Å². The fourth-order valence-electron chi connectivity index (χ4n) is 2.19. The van der Waals surface area contributed by atoms with E-state index in [2.05, 4.69) is 0 Å². The number of carbonyl (C=O) groups is 2. The molecule has 0 N–H and O–H groups in total. The van der Waals surface area contributed by atoms with Crippen LogP contribution in [0.2, 0.25) is 0 Å². The van der Waals surface area contributed by atoms with Crippen LogP contribution in [0.15, 0.2) is 40.5 Å². The molecule has 2 aromatic rings. The third-order valence-electron chi connectivity index (χ3n) is 3.53. The van der Waals surface area contributed by atoms with Crippen molar-refractivity contribution in [1.82, 2.24) is 9.47 Å². The van der Waals surface area contributed by atoms with E-state index >= 15 is 0 Å². The zero-order chi connectivity index (χ0) is 17.7. The Hall–Kier alpha value is -2.41. The number of hydrogen-bond acceptors (Lipinski definition) is 5. The number of hydrogen-bond donors (Lipinski definition) is 0. The smallest absolute Gasteiger partial charge is 0.308 e. The minimum absolute atomic E-state index is 0.0293. The first kappa shape index (κ1) is 17.9. The van der Waals surface area contributed by atoms with Gasteiger partial charge in [0.05, 0.1) is 6.42 Å². The summed E-state index contributed by atoms with van der Waals surface area (Å²) in [5.74, 6) is -0.824. The normalized spacial score (nSPS) is 11.8. The van der Waals surface area contributed by atoms with Gasteiger partial charge in [-0.3, -0.25) is 14.4 Å². The molecular formula is C17H20N2O4S. The molecule has 128 valence electrons. The highest BCUT2D eigenvalue weighted by atomic mass is 32.1. The quantitative estimate of drug-likeness (QED) is 0.749. The molecule has 1 aromatic heterocycles. The van der Waals surface area contributed by atoms with Crippen LogP contribution in [-0.2, 0) is 20.9 Å². The monoisotopic (exact) mass is 348 g/mol. The number of likely N-dealkylation sites (N-methyl/N-ethyl adjacent to an activating group) is 1. The molecule has 7 heteroatoms. The van der Waals surface area contributed by atoms with Gasteiger partial charge in [0.15, 0.2) is 0 Å². The highest BCUT2D eigenvalue weighted by molar-refractivity contribution is 7.07. The number of esters is 1. The van der Waals surface area contributed by atoms with Crippen molar-refractivity contribution < 1.29 is 14.3 Å². The first-order valence-corrected chi connectivity index (χ1v) is 8.38. The number of thiazole rings is 1.